The van der Waals surface area contributed by atoms with E-state index in [1.807, 2.05) is 6.92 Å². The van der Waals surface area contributed by atoms with Crippen LogP contribution >= 0.6 is 11.6 Å². The van der Waals surface area contributed by atoms with Crippen LogP contribution in [0, 0.1) is 10.1 Å². The average molecular weight is 216 g/mol. The number of hydrogen-bond donors (Lipinski definition) is 0. The van der Waals surface area contributed by atoms with Crippen LogP contribution in [0.15, 0.2) is 18.2 Å². The predicted molar refractivity (Wildman–Crippen MR) is 53.8 cm³/mol. The summed E-state index contributed by atoms with van der Waals surface area (Å²) in [7, 11) is 0. The largest absolute Gasteiger partial charge is 0.494 e. The number of nitrogens with zero attached hydrogens (tertiary/aromatic N) is 1. The molecule has 0 spiro atoms. The second-order valence-electron chi connectivity index (χ2n) is 2.62. The van der Waals surface area contributed by atoms with Gasteiger partial charge in [-0.3, -0.25) is 10.1 Å². The summed E-state index contributed by atoms with van der Waals surface area (Å²) in [5.74, 6) is 0.810. The van der Waals surface area contributed by atoms with E-state index in [1.165, 1.54) is 12.1 Å². The van der Waals surface area contributed by atoms with Crippen LogP contribution in [0.25, 0.3) is 0 Å². The maximum atomic E-state index is 10.5. The van der Waals surface area contributed by atoms with Gasteiger partial charge in [-0.15, -0.1) is 11.6 Å². The van der Waals surface area contributed by atoms with Crippen LogP contribution in [-0.2, 0) is 5.88 Å². The van der Waals surface area contributed by atoms with Gasteiger partial charge in [-0.05, 0) is 13.0 Å². The van der Waals surface area contributed by atoms with E-state index < -0.39 is 4.92 Å². The van der Waals surface area contributed by atoms with Gasteiger partial charge < -0.3 is 4.74 Å². The van der Waals surface area contributed by atoms with Crippen molar-refractivity contribution in [1.82, 2.24) is 0 Å². The molecular formula is C9H10ClNO3. The van der Waals surface area contributed by atoms with Gasteiger partial charge in [-0.25, -0.2) is 0 Å². The summed E-state index contributed by atoms with van der Waals surface area (Å²) in [4.78, 5) is 10.0. The van der Waals surface area contributed by atoms with Gasteiger partial charge in [0.05, 0.1) is 17.4 Å². The van der Waals surface area contributed by atoms with Crippen LogP contribution in [0.4, 0.5) is 5.69 Å². The third-order valence-corrected chi connectivity index (χ3v) is 1.99. The summed E-state index contributed by atoms with van der Waals surface area (Å²) < 4.78 is 5.26. The van der Waals surface area contributed by atoms with Crippen LogP contribution < -0.4 is 4.74 Å². The van der Waals surface area contributed by atoms with Gasteiger partial charge in [-0.2, -0.15) is 0 Å². The number of halogens is 1. The summed E-state index contributed by atoms with van der Waals surface area (Å²) in [6, 6.07) is 4.40. The van der Waals surface area contributed by atoms with Crippen LogP contribution in [0.3, 0.4) is 0 Å². The minimum atomic E-state index is -0.453. The van der Waals surface area contributed by atoms with Crippen LogP contribution in [0.2, 0.25) is 0 Å². The summed E-state index contributed by atoms with van der Waals surface area (Å²) >= 11 is 5.64. The standard InChI is InChI=1S/C9H10ClNO3/c1-2-14-9-4-3-8(11(12)13)5-7(9)6-10/h3-5H,2,6H2,1H3. The Morgan fingerprint density at radius 1 is 1.57 bits per heavy atom. The highest BCUT2D eigenvalue weighted by molar-refractivity contribution is 6.17. The highest BCUT2D eigenvalue weighted by Gasteiger charge is 2.10. The molecule has 1 aromatic rings. The van der Waals surface area contributed by atoms with E-state index in [-0.39, 0.29) is 11.6 Å². The van der Waals surface area contributed by atoms with E-state index in [2.05, 4.69) is 0 Å². The lowest BCUT2D eigenvalue weighted by molar-refractivity contribution is -0.384. The Labute approximate surface area is 86.6 Å². The van der Waals surface area contributed by atoms with E-state index in [0.717, 1.165) is 0 Å². The smallest absolute Gasteiger partial charge is 0.270 e. The lowest BCUT2D eigenvalue weighted by Gasteiger charge is -2.06. The zero-order valence-electron chi connectivity index (χ0n) is 7.70. The van der Waals surface area contributed by atoms with Crippen molar-refractivity contribution < 1.29 is 9.66 Å². The molecule has 0 atom stereocenters. The van der Waals surface area contributed by atoms with E-state index in [1.54, 1.807) is 6.07 Å². The fourth-order valence-electron chi connectivity index (χ4n) is 1.08. The SMILES string of the molecule is CCOc1ccc([N+](=O)[O-])cc1CCl. The number of nitro groups is 1. The molecule has 0 bridgehead atoms. The van der Waals surface area contributed by atoms with Crippen LogP contribution in [0.1, 0.15) is 12.5 Å². The van der Waals surface area contributed by atoms with Crippen LogP contribution in [-0.4, -0.2) is 11.5 Å². The van der Waals surface area contributed by atoms with Gasteiger partial charge in [0.15, 0.2) is 0 Å². The van der Waals surface area contributed by atoms with Gasteiger partial charge in [0.2, 0.25) is 0 Å². The first kappa shape index (κ1) is 10.8. The number of rotatable bonds is 4. The van der Waals surface area contributed by atoms with Crippen molar-refractivity contribution in [3.8, 4) is 5.75 Å². The number of nitro benzene ring substituents is 1. The molecule has 76 valence electrons. The number of alkyl halides is 1. The van der Waals surface area contributed by atoms with Crippen molar-refractivity contribution in [3.05, 3.63) is 33.9 Å². The average Bonchev–Trinajstić information content (AvgIpc) is 2.18. The highest BCUT2D eigenvalue weighted by Crippen LogP contribution is 2.25. The fraction of sp³-hybridized carbons (Fsp3) is 0.333. The van der Waals surface area contributed by atoms with Crippen molar-refractivity contribution in [1.29, 1.82) is 0 Å². The maximum Gasteiger partial charge on any atom is 0.270 e. The van der Waals surface area contributed by atoms with Gasteiger partial charge in [-0.1, -0.05) is 0 Å². The summed E-state index contributed by atoms with van der Waals surface area (Å²) in [6.45, 7) is 2.36. The Morgan fingerprint density at radius 3 is 2.79 bits per heavy atom. The molecule has 0 aliphatic carbocycles. The number of ether oxygens (including phenoxy) is 1. The van der Waals surface area contributed by atoms with Crippen molar-refractivity contribution in [2.75, 3.05) is 6.61 Å². The zero-order valence-corrected chi connectivity index (χ0v) is 8.45. The number of benzene rings is 1. The minimum Gasteiger partial charge on any atom is -0.494 e. The van der Waals surface area contributed by atoms with E-state index in [4.69, 9.17) is 16.3 Å². The molecule has 14 heavy (non-hydrogen) atoms. The second kappa shape index (κ2) is 4.81. The first-order valence-corrected chi connectivity index (χ1v) is 4.68. The molecule has 0 N–H and O–H groups in total. The maximum absolute atomic E-state index is 10.5. The molecule has 0 saturated heterocycles. The number of hydrogen-bond acceptors (Lipinski definition) is 3. The predicted octanol–water partition coefficient (Wildman–Crippen LogP) is 2.73. The molecule has 5 heteroatoms. The lowest BCUT2D eigenvalue weighted by atomic mass is 10.2. The quantitative estimate of drug-likeness (QED) is 0.441. The Balaban J connectivity index is 3.04. The zero-order chi connectivity index (χ0) is 10.6. The molecule has 4 nitrogen and oxygen atoms in total. The Morgan fingerprint density at radius 2 is 2.29 bits per heavy atom. The lowest BCUT2D eigenvalue weighted by Crippen LogP contribution is -1.97. The fourth-order valence-corrected chi connectivity index (χ4v) is 1.29. The van der Waals surface area contributed by atoms with Gasteiger partial charge >= 0.3 is 0 Å². The summed E-state index contributed by atoms with van der Waals surface area (Å²) in [6.07, 6.45) is 0. The first-order valence-electron chi connectivity index (χ1n) is 4.15. The topological polar surface area (TPSA) is 52.4 Å². The molecular weight excluding hydrogens is 206 g/mol. The normalized spacial score (nSPS) is 9.86. The van der Waals surface area contributed by atoms with Crippen LogP contribution in [0.5, 0.6) is 5.75 Å². The Bertz CT molecular complexity index is 341. The molecule has 0 unspecified atom stereocenters. The third-order valence-electron chi connectivity index (χ3n) is 1.70. The molecule has 0 aliphatic heterocycles. The highest BCUT2D eigenvalue weighted by atomic mass is 35.5. The first-order chi connectivity index (χ1) is 6.69. The molecule has 1 aromatic carbocycles. The Kier molecular flexibility index (Phi) is 3.71. The van der Waals surface area contributed by atoms with E-state index >= 15 is 0 Å². The minimum absolute atomic E-state index is 0.0316. The third kappa shape index (κ3) is 2.35. The summed E-state index contributed by atoms with van der Waals surface area (Å²) in [5, 5.41) is 10.5. The van der Waals surface area contributed by atoms with Crippen molar-refractivity contribution in [3.63, 3.8) is 0 Å². The second-order valence-corrected chi connectivity index (χ2v) is 2.88. The Hall–Kier alpha value is -1.29. The molecule has 0 aliphatic rings. The molecule has 1 rings (SSSR count). The van der Waals surface area contributed by atoms with Crippen molar-refractivity contribution in [2.45, 2.75) is 12.8 Å². The van der Waals surface area contributed by atoms with Crippen molar-refractivity contribution in [2.24, 2.45) is 0 Å². The molecule has 0 aromatic heterocycles. The molecule has 0 saturated carbocycles. The molecule has 0 amide bonds. The van der Waals surface area contributed by atoms with Gasteiger partial charge in [0.1, 0.15) is 5.75 Å². The van der Waals surface area contributed by atoms with E-state index in [0.29, 0.717) is 17.9 Å². The molecule has 0 radical (unpaired) electrons. The van der Waals surface area contributed by atoms with Crippen molar-refractivity contribution >= 4 is 17.3 Å². The number of non-ortho nitro benzene ring substituents is 1. The molecule has 0 fully saturated rings. The molecule has 0 heterocycles. The van der Waals surface area contributed by atoms with Gasteiger partial charge in [0, 0.05) is 17.7 Å². The van der Waals surface area contributed by atoms with Gasteiger partial charge in [0.25, 0.3) is 5.69 Å². The van der Waals surface area contributed by atoms with E-state index in [9.17, 15) is 10.1 Å². The summed E-state index contributed by atoms with van der Waals surface area (Å²) in [5.41, 5.74) is 0.673. The monoisotopic (exact) mass is 215 g/mol.